The molecule has 0 aliphatic carbocycles. The van der Waals surface area contributed by atoms with Gasteiger partial charge < -0.3 is 24.8 Å². The first kappa shape index (κ1) is 17.5. The summed E-state index contributed by atoms with van der Waals surface area (Å²) in [5.74, 6) is 0.957. The van der Waals surface area contributed by atoms with Crippen LogP contribution in [0.25, 0.3) is 0 Å². The van der Waals surface area contributed by atoms with Gasteiger partial charge in [-0.25, -0.2) is 9.78 Å². The van der Waals surface area contributed by atoms with Crippen molar-refractivity contribution in [3.8, 4) is 0 Å². The highest BCUT2D eigenvalue weighted by Gasteiger charge is 2.20. The molecule has 2 aliphatic rings. The van der Waals surface area contributed by atoms with Crippen LogP contribution in [0.3, 0.4) is 0 Å². The van der Waals surface area contributed by atoms with Crippen LogP contribution in [0.1, 0.15) is 13.3 Å². The van der Waals surface area contributed by atoms with E-state index in [4.69, 9.17) is 4.74 Å². The van der Waals surface area contributed by atoms with E-state index < -0.39 is 0 Å². The molecular weight excluding hydrogens is 322 g/mol. The van der Waals surface area contributed by atoms with Crippen LogP contribution in [0, 0.1) is 0 Å². The second-order valence-electron chi connectivity index (χ2n) is 6.28. The third-order valence-electron chi connectivity index (χ3n) is 4.56. The molecule has 2 saturated heterocycles. The number of rotatable bonds is 2. The van der Waals surface area contributed by atoms with E-state index in [0.29, 0.717) is 45.1 Å². The van der Waals surface area contributed by atoms with E-state index in [1.807, 2.05) is 12.1 Å². The number of carbonyl (C=O) groups excluding carboxylic acids is 2. The minimum Gasteiger partial charge on any atom is -0.378 e. The van der Waals surface area contributed by atoms with E-state index in [1.165, 1.54) is 0 Å². The molecule has 1 aromatic heterocycles. The van der Waals surface area contributed by atoms with Crippen molar-refractivity contribution in [2.75, 3.05) is 62.7 Å². The van der Waals surface area contributed by atoms with Gasteiger partial charge in [-0.1, -0.05) is 0 Å². The molecule has 8 nitrogen and oxygen atoms in total. The molecule has 3 heterocycles. The fourth-order valence-electron chi connectivity index (χ4n) is 3.08. The Kier molecular flexibility index (Phi) is 5.70. The first-order valence-electron chi connectivity index (χ1n) is 8.73. The second-order valence-corrected chi connectivity index (χ2v) is 6.28. The molecule has 3 rings (SSSR count). The Balaban J connectivity index is 1.54. The van der Waals surface area contributed by atoms with Crippen LogP contribution >= 0.6 is 0 Å². The Bertz CT molecular complexity index is 601. The zero-order valence-corrected chi connectivity index (χ0v) is 14.6. The standard InChI is InChI=1S/C17H25N5O3/c1-14(23)20-5-2-6-22(8-7-20)17(24)19-15-3-4-16(18-13-15)21-9-11-25-12-10-21/h3-4,13H,2,5-12H2,1H3,(H,19,24). The van der Waals surface area contributed by atoms with Gasteiger partial charge in [-0.05, 0) is 18.6 Å². The molecule has 2 aliphatic heterocycles. The number of hydrogen-bond acceptors (Lipinski definition) is 5. The minimum atomic E-state index is -0.147. The lowest BCUT2D eigenvalue weighted by atomic mass is 10.3. The van der Waals surface area contributed by atoms with Crippen molar-refractivity contribution in [1.29, 1.82) is 0 Å². The predicted octanol–water partition coefficient (Wildman–Crippen LogP) is 1.00. The van der Waals surface area contributed by atoms with Gasteiger partial charge in [0.05, 0.1) is 25.1 Å². The molecule has 1 aromatic rings. The lowest BCUT2D eigenvalue weighted by Crippen LogP contribution is -2.39. The number of pyridine rings is 1. The summed E-state index contributed by atoms with van der Waals surface area (Å²) in [7, 11) is 0. The SMILES string of the molecule is CC(=O)N1CCCN(C(=O)Nc2ccc(N3CCOCC3)nc2)CC1. The van der Waals surface area contributed by atoms with Crippen LogP contribution in [0.2, 0.25) is 0 Å². The van der Waals surface area contributed by atoms with Crippen LogP contribution in [0.5, 0.6) is 0 Å². The summed E-state index contributed by atoms with van der Waals surface area (Å²) in [6.45, 7) is 7.14. The topological polar surface area (TPSA) is 78.0 Å². The number of nitrogens with one attached hydrogen (secondary N) is 1. The number of carbonyl (C=O) groups is 2. The fraction of sp³-hybridized carbons (Fsp3) is 0.588. The third-order valence-corrected chi connectivity index (χ3v) is 4.56. The molecule has 3 amide bonds. The van der Waals surface area contributed by atoms with Crippen molar-refractivity contribution in [2.45, 2.75) is 13.3 Å². The van der Waals surface area contributed by atoms with Crippen LogP contribution in [0.4, 0.5) is 16.3 Å². The van der Waals surface area contributed by atoms with Crippen LogP contribution < -0.4 is 10.2 Å². The van der Waals surface area contributed by atoms with Gasteiger partial charge in [0.1, 0.15) is 5.82 Å². The van der Waals surface area contributed by atoms with Gasteiger partial charge in [0.25, 0.3) is 0 Å². The first-order valence-corrected chi connectivity index (χ1v) is 8.73. The summed E-state index contributed by atoms with van der Waals surface area (Å²) in [6.07, 6.45) is 2.48. The molecule has 2 fully saturated rings. The number of morpholine rings is 1. The lowest BCUT2D eigenvalue weighted by Gasteiger charge is -2.27. The minimum absolute atomic E-state index is 0.0603. The van der Waals surface area contributed by atoms with Gasteiger partial charge in [-0.15, -0.1) is 0 Å². The molecule has 1 N–H and O–H groups in total. The number of urea groups is 1. The average Bonchev–Trinajstić information content (AvgIpc) is 2.89. The summed E-state index contributed by atoms with van der Waals surface area (Å²) in [5.41, 5.74) is 0.676. The van der Waals surface area contributed by atoms with Gasteiger partial charge in [-0.2, -0.15) is 0 Å². The highest BCUT2D eigenvalue weighted by atomic mass is 16.5. The van der Waals surface area contributed by atoms with Crippen LogP contribution in [-0.4, -0.2) is 79.2 Å². The molecular formula is C17H25N5O3. The quantitative estimate of drug-likeness (QED) is 0.864. The number of ether oxygens (including phenoxy) is 1. The van der Waals surface area contributed by atoms with Gasteiger partial charge in [0.15, 0.2) is 0 Å². The normalized spacial score (nSPS) is 18.7. The summed E-state index contributed by atoms with van der Waals surface area (Å²) >= 11 is 0. The second kappa shape index (κ2) is 8.15. The smallest absolute Gasteiger partial charge is 0.321 e. The predicted molar refractivity (Wildman–Crippen MR) is 94.7 cm³/mol. The Labute approximate surface area is 147 Å². The number of anilines is 2. The highest BCUT2D eigenvalue weighted by molar-refractivity contribution is 5.89. The van der Waals surface area contributed by atoms with Crippen molar-refractivity contribution in [1.82, 2.24) is 14.8 Å². The largest absolute Gasteiger partial charge is 0.378 e. The van der Waals surface area contributed by atoms with Crippen LogP contribution in [0.15, 0.2) is 18.3 Å². The maximum Gasteiger partial charge on any atom is 0.321 e. The van der Waals surface area contributed by atoms with Crippen molar-refractivity contribution < 1.29 is 14.3 Å². The van der Waals surface area contributed by atoms with E-state index in [0.717, 1.165) is 25.3 Å². The number of aromatic nitrogens is 1. The monoisotopic (exact) mass is 347 g/mol. The summed E-state index contributed by atoms with van der Waals surface area (Å²) < 4.78 is 5.34. The van der Waals surface area contributed by atoms with Gasteiger partial charge in [-0.3, -0.25) is 4.79 Å². The van der Waals surface area contributed by atoms with E-state index in [2.05, 4.69) is 15.2 Å². The van der Waals surface area contributed by atoms with Crippen molar-refractivity contribution in [3.05, 3.63) is 18.3 Å². The summed E-state index contributed by atoms with van der Waals surface area (Å²) in [5, 5.41) is 2.89. The number of amides is 3. The van der Waals surface area contributed by atoms with E-state index in [1.54, 1.807) is 22.9 Å². The van der Waals surface area contributed by atoms with Crippen LogP contribution in [-0.2, 0) is 9.53 Å². The lowest BCUT2D eigenvalue weighted by molar-refractivity contribution is -0.128. The Morgan fingerprint density at radius 1 is 1.04 bits per heavy atom. The molecule has 0 bridgehead atoms. The average molecular weight is 347 g/mol. The molecule has 0 unspecified atom stereocenters. The van der Waals surface area contributed by atoms with E-state index in [-0.39, 0.29) is 11.9 Å². The molecule has 0 radical (unpaired) electrons. The fourth-order valence-corrected chi connectivity index (χ4v) is 3.08. The van der Waals surface area contributed by atoms with Gasteiger partial charge >= 0.3 is 6.03 Å². The zero-order valence-electron chi connectivity index (χ0n) is 14.6. The van der Waals surface area contributed by atoms with Crippen molar-refractivity contribution in [3.63, 3.8) is 0 Å². The van der Waals surface area contributed by atoms with E-state index in [9.17, 15) is 9.59 Å². The molecule has 0 atom stereocenters. The maximum atomic E-state index is 12.4. The molecule has 0 spiro atoms. The zero-order chi connectivity index (χ0) is 17.6. The Morgan fingerprint density at radius 2 is 1.76 bits per heavy atom. The number of hydrogen-bond donors (Lipinski definition) is 1. The first-order chi connectivity index (χ1) is 12.1. The molecule has 25 heavy (non-hydrogen) atoms. The summed E-state index contributed by atoms with van der Waals surface area (Å²) in [4.78, 5) is 34.0. The van der Waals surface area contributed by atoms with Crippen molar-refractivity contribution in [2.24, 2.45) is 0 Å². The highest BCUT2D eigenvalue weighted by Crippen LogP contribution is 2.16. The van der Waals surface area contributed by atoms with Gasteiger partial charge in [0.2, 0.25) is 5.91 Å². The molecule has 0 aromatic carbocycles. The Hall–Kier alpha value is -2.35. The molecule has 0 saturated carbocycles. The maximum absolute atomic E-state index is 12.4. The van der Waals surface area contributed by atoms with E-state index >= 15 is 0 Å². The molecule has 136 valence electrons. The number of nitrogens with zero attached hydrogens (tertiary/aromatic N) is 4. The van der Waals surface area contributed by atoms with Gasteiger partial charge in [0, 0.05) is 46.2 Å². The third kappa shape index (κ3) is 4.60. The van der Waals surface area contributed by atoms with Crippen molar-refractivity contribution >= 4 is 23.4 Å². The Morgan fingerprint density at radius 3 is 2.44 bits per heavy atom. The molecule has 8 heteroatoms. The summed E-state index contributed by atoms with van der Waals surface area (Å²) in [6, 6.07) is 3.64.